The second-order valence-electron chi connectivity index (χ2n) is 5.20. The Morgan fingerprint density at radius 2 is 2.10 bits per heavy atom. The van der Waals surface area contributed by atoms with Crippen molar-refractivity contribution in [2.45, 2.75) is 19.0 Å². The Hall–Kier alpha value is -2.08. The number of carbonyl (C=O) groups excluding carboxylic acids is 3. The molecule has 0 aromatic heterocycles. The zero-order valence-corrected chi connectivity index (χ0v) is 11.5. The van der Waals surface area contributed by atoms with Crippen molar-refractivity contribution in [2.75, 3.05) is 6.54 Å². The maximum Gasteiger partial charge on any atom is 0.322 e. The van der Waals surface area contributed by atoms with Crippen LogP contribution in [0.4, 0.5) is 4.79 Å². The number of fused-ring (bicyclic) bond motifs is 1. The van der Waals surface area contributed by atoms with E-state index in [-0.39, 0.29) is 12.5 Å². The molecule has 4 amide bonds. The van der Waals surface area contributed by atoms with Crippen LogP contribution in [0.5, 0.6) is 0 Å². The fraction of sp³-hybridized carbons (Fsp3) is 0.308. The van der Waals surface area contributed by atoms with Crippen LogP contribution in [0.15, 0.2) is 18.2 Å². The summed E-state index contributed by atoms with van der Waals surface area (Å²) in [5.74, 6) is -0.609. The summed E-state index contributed by atoms with van der Waals surface area (Å²) in [7, 11) is 0. The van der Waals surface area contributed by atoms with Crippen LogP contribution in [-0.4, -0.2) is 34.8 Å². The molecular weight excluding hydrogens is 282 g/mol. The molecule has 2 aliphatic rings. The van der Waals surface area contributed by atoms with Crippen LogP contribution in [0.25, 0.3) is 0 Å². The van der Waals surface area contributed by atoms with Gasteiger partial charge in [0.1, 0.15) is 5.54 Å². The molecular formula is C13H12ClN3O3. The molecule has 104 valence electrons. The Balaban J connectivity index is 1.83. The van der Waals surface area contributed by atoms with Gasteiger partial charge in [0.15, 0.2) is 0 Å². The van der Waals surface area contributed by atoms with Gasteiger partial charge in [0, 0.05) is 17.1 Å². The third kappa shape index (κ3) is 1.92. The van der Waals surface area contributed by atoms with E-state index in [9.17, 15) is 14.4 Å². The highest BCUT2D eigenvalue weighted by Gasteiger charge is 2.45. The van der Waals surface area contributed by atoms with Crippen LogP contribution in [0.1, 0.15) is 22.8 Å². The molecule has 1 aromatic rings. The summed E-state index contributed by atoms with van der Waals surface area (Å²) in [4.78, 5) is 36.8. The summed E-state index contributed by atoms with van der Waals surface area (Å²) < 4.78 is 0. The first kappa shape index (κ1) is 12.9. The molecule has 6 nitrogen and oxygen atoms in total. The highest BCUT2D eigenvalue weighted by Crippen LogP contribution is 2.27. The number of hydrogen-bond acceptors (Lipinski definition) is 3. The van der Waals surface area contributed by atoms with E-state index in [1.165, 1.54) is 4.90 Å². The van der Waals surface area contributed by atoms with E-state index in [1.54, 1.807) is 25.1 Å². The first-order valence-electron chi connectivity index (χ1n) is 6.10. The zero-order valence-electron chi connectivity index (χ0n) is 10.7. The van der Waals surface area contributed by atoms with Crippen LogP contribution < -0.4 is 10.6 Å². The Bertz CT molecular complexity index is 646. The number of nitrogens with one attached hydrogen (secondary N) is 2. The van der Waals surface area contributed by atoms with Gasteiger partial charge in [-0.2, -0.15) is 0 Å². The normalized spacial score (nSPS) is 24.7. The molecule has 0 aliphatic carbocycles. The molecule has 1 saturated heterocycles. The number of benzene rings is 1. The fourth-order valence-electron chi connectivity index (χ4n) is 2.53. The first-order valence-corrected chi connectivity index (χ1v) is 6.48. The zero-order chi connectivity index (χ0) is 14.5. The molecule has 7 heteroatoms. The van der Waals surface area contributed by atoms with Crippen molar-refractivity contribution in [1.82, 2.24) is 15.5 Å². The monoisotopic (exact) mass is 293 g/mol. The molecule has 2 N–H and O–H groups in total. The lowest BCUT2D eigenvalue weighted by Crippen LogP contribution is -2.52. The number of halogens is 1. The van der Waals surface area contributed by atoms with Crippen LogP contribution in [0.2, 0.25) is 5.02 Å². The molecule has 20 heavy (non-hydrogen) atoms. The first-order chi connectivity index (χ1) is 9.39. The Morgan fingerprint density at radius 1 is 1.35 bits per heavy atom. The minimum absolute atomic E-state index is 0.121. The summed E-state index contributed by atoms with van der Waals surface area (Å²) in [6.07, 6.45) is 0. The van der Waals surface area contributed by atoms with Gasteiger partial charge in [0.2, 0.25) is 0 Å². The minimum atomic E-state index is -1.10. The largest absolute Gasteiger partial charge is 0.331 e. The second-order valence-corrected chi connectivity index (χ2v) is 5.64. The van der Waals surface area contributed by atoms with E-state index in [1.807, 2.05) is 0 Å². The third-order valence-electron chi connectivity index (χ3n) is 3.58. The second kappa shape index (κ2) is 4.21. The number of amides is 4. The van der Waals surface area contributed by atoms with Gasteiger partial charge in [-0.15, -0.1) is 0 Å². The summed E-state index contributed by atoms with van der Waals surface area (Å²) in [6.45, 7) is 2.12. The highest BCUT2D eigenvalue weighted by atomic mass is 35.5. The summed E-state index contributed by atoms with van der Waals surface area (Å²) in [5, 5.41) is 5.22. The molecule has 0 spiro atoms. The molecule has 1 fully saturated rings. The predicted octanol–water partition coefficient (Wildman–Crippen LogP) is 0.894. The van der Waals surface area contributed by atoms with Crippen molar-refractivity contribution in [2.24, 2.45) is 0 Å². The van der Waals surface area contributed by atoms with Gasteiger partial charge < -0.3 is 10.2 Å². The van der Waals surface area contributed by atoms with Crippen molar-refractivity contribution < 1.29 is 14.4 Å². The number of imide groups is 1. The molecule has 3 rings (SSSR count). The molecule has 0 bridgehead atoms. The van der Waals surface area contributed by atoms with E-state index >= 15 is 0 Å². The smallest absolute Gasteiger partial charge is 0.322 e. The average Bonchev–Trinajstić information content (AvgIpc) is 2.79. The number of nitrogens with zero attached hydrogens (tertiary/aromatic N) is 1. The fourth-order valence-corrected chi connectivity index (χ4v) is 2.71. The Labute approximate surface area is 120 Å². The quantitative estimate of drug-likeness (QED) is 0.795. The van der Waals surface area contributed by atoms with Gasteiger partial charge in [-0.3, -0.25) is 14.9 Å². The lowest BCUT2D eigenvalue weighted by Gasteiger charge is -2.26. The molecule has 1 aromatic carbocycles. The summed E-state index contributed by atoms with van der Waals surface area (Å²) in [6, 6.07) is 4.60. The summed E-state index contributed by atoms with van der Waals surface area (Å²) in [5.41, 5.74) is 0.317. The number of rotatable bonds is 2. The Kier molecular flexibility index (Phi) is 2.72. The van der Waals surface area contributed by atoms with Gasteiger partial charge in [-0.1, -0.05) is 17.7 Å². The minimum Gasteiger partial charge on any atom is -0.331 e. The molecule has 0 saturated carbocycles. The highest BCUT2D eigenvalue weighted by molar-refractivity contribution is 6.31. The van der Waals surface area contributed by atoms with Crippen LogP contribution >= 0.6 is 11.6 Å². The van der Waals surface area contributed by atoms with Crippen molar-refractivity contribution in [3.05, 3.63) is 34.3 Å². The maximum atomic E-state index is 12.3. The van der Waals surface area contributed by atoms with Gasteiger partial charge in [0.05, 0.1) is 6.54 Å². The SMILES string of the molecule is C[C@]1(CN2Cc3ccc(Cl)cc3C2=O)NC(=O)NC1=O. The Morgan fingerprint density at radius 3 is 2.75 bits per heavy atom. The standard InChI is InChI=1S/C13H12ClN3O3/c1-13(11(19)15-12(20)16-13)6-17-5-7-2-3-8(14)4-9(7)10(17)18/h2-4H,5-6H2,1H3,(H2,15,16,19,20)/t13-/m1/s1. The van der Waals surface area contributed by atoms with E-state index < -0.39 is 17.5 Å². The topological polar surface area (TPSA) is 78.5 Å². The average molecular weight is 294 g/mol. The lowest BCUT2D eigenvalue weighted by atomic mass is 10.0. The number of hydrogen-bond donors (Lipinski definition) is 2. The van der Waals surface area contributed by atoms with E-state index in [0.717, 1.165) is 5.56 Å². The van der Waals surface area contributed by atoms with Crippen LogP contribution in [-0.2, 0) is 11.3 Å². The molecule has 2 aliphatic heterocycles. The molecule has 2 heterocycles. The molecule has 0 radical (unpaired) electrons. The van der Waals surface area contributed by atoms with Gasteiger partial charge >= 0.3 is 6.03 Å². The van der Waals surface area contributed by atoms with Crippen molar-refractivity contribution in [3.63, 3.8) is 0 Å². The van der Waals surface area contributed by atoms with Crippen LogP contribution in [0.3, 0.4) is 0 Å². The van der Waals surface area contributed by atoms with Gasteiger partial charge in [0.25, 0.3) is 11.8 Å². The number of carbonyl (C=O) groups is 3. The molecule has 0 unspecified atom stereocenters. The maximum absolute atomic E-state index is 12.3. The van der Waals surface area contributed by atoms with Gasteiger partial charge in [-0.25, -0.2) is 4.79 Å². The lowest BCUT2D eigenvalue weighted by molar-refractivity contribution is -0.123. The van der Waals surface area contributed by atoms with Crippen molar-refractivity contribution >= 4 is 29.4 Å². The number of urea groups is 1. The predicted molar refractivity (Wildman–Crippen MR) is 71.3 cm³/mol. The van der Waals surface area contributed by atoms with E-state index in [0.29, 0.717) is 17.1 Å². The third-order valence-corrected chi connectivity index (χ3v) is 3.81. The van der Waals surface area contributed by atoms with E-state index in [4.69, 9.17) is 11.6 Å². The van der Waals surface area contributed by atoms with Crippen molar-refractivity contribution in [1.29, 1.82) is 0 Å². The van der Waals surface area contributed by atoms with Gasteiger partial charge in [-0.05, 0) is 24.6 Å². The summed E-state index contributed by atoms with van der Waals surface area (Å²) >= 11 is 5.88. The molecule has 1 atom stereocenters. The van der Waals surface area contributed by atoms with Crippen LogP contribution in [0, 0.1) is 0 Å². The van der Waals surface area contributed by atoms with E-state index in [2.05, 4.69) is 10.6 Å². The van der Waals surface area contributed by atoms with Crippen molar-refractivity contribution in [3.8, 4) is 0 Å².